The van der Waals surface area contributed by atoms with Crippen LogP contribution in [0.1, 0.15) is 33.6 Å². The summed E-state index contributed by atoms with van der Waals surface area (Å²) in [6, 6.07) is 0.330. The summed E-state index contributed by atoms with van der Waals surface area (Å²) in [6.45, 7) is 7.88. The molecule has 0 radical (unpaired) electrons. The summed E-state index contributed by atoms with van der Waals surface area (Å²) >= 11 is 0. The zero-order chi connectivity index (χ0) is 9.56. The predicted octanol–water partition coefficient (Wildman–Crippen LogP) is 1.74. The molecule has 0 saturated heterocycles. The van der Waals surface area contributed by atoms with Gasteiger partial charge in [-0.25, -0.2) is 0 Å². The molecule has 0 aromatic carbocycles. The molecule has 0 fully saturated rings. The van der Waals surface area contributed by atoms with E-state index in [0.717, 1.165) is 6.54 Å². The van der Waals surface area contributed by atoms with Gasteiger partial charge in [0.15, 0.2) is 0 Å². The number of likely N-dealkylation sites (N-methyl/N-ethyl adjacent to an activating group) is 1. The summed E-state index contributed by atoms with van der Waals surface area (Å²) in [7, 11) is 2.09. The first-order chi connectivity index (χ1) is 5.63. The Balaban J connectivity index is 3.77. The van der Waals surface area contributed by atoms with Crippen LogP contribution in [0.4, 0.5) is 0 Å². The summed E-state index contributed by atoms with van der Waals surface area (Å²) in [5.74, 6) is 0.539. The lowest BCUT2D eigenvalue weighted by molar-refractivity contribution is 0.112. The van der Waals surface area contributed by atoms with Gasteiger partial charge in [0.1, 0.15) is 0 Å². The Morgan fingerprint density at radius 1 is 1.33 bits per heavy atom. The molecule has 0 spiro atoms. The average Bonchev–Trinajstić information content (AvgIpc) is 2.01. The maximum absolute atomic E-state index is 9.12. The van der Waals surface area contributed by atoms with Crippen molar-refractivity contribution in [3.63, 3.8) is 0 Å². The van der Waals surface area contributed by atoms with Gasteiger partial charge in [0.2, 0.25) is 0 Å². The molecule has 0 aliphatic rings. The number of aliphatic hydroxyl groups excluding tert-OH is 1. The van der Waals surface area contributed by atoms with Crippen molar-refractivity contribution in [3.05, 3.63) is 0 Å². The number of rotatable bonds is 6. The van der Waals surface area contributed by atoms with Gasteiger partial charge in [-0.2, -0.15) is 0 Å². The first kappa shape index (κ1) is 11.9. The second kappa shape index (κ2) is 6.44. The minimum absolute atomic E-state index is 0.276. The molecule has 1 atom stereocenters. The molecule has 0 aromatic heterocycles. The topological polar surface area (TPSA) is 23.5 Å². The number of unbranched alkanes of at least 4 members (excludes halogenated alkanes) is 1. The molecule has 0 saturated carbocycles. The highest BCUT2D eigenvalue weighted by Gasteiger charge is 2.16. The van der Waals surface area contributed by atoms with Crippen molar-refractivity contribution in [1.82, 2.24) is 4.90 Å². The normalized spacial score (nSPS) is 14.2. The van der Waals surface area contributed by atoms with E-state index in [0.29, 0.717) is 12.0 Å². The maximum Gasteiger partial charge on any atom is 0.0589 e. The van der Waals surface area contributed by atoms with Crippen molar-refractivity contribution in [2.24, 2.45) is 5.92 Å². The Hall–Kier alpha value is -0.0800. The number of hydrogen-bond donors (Lipinski definition) is 1. The van der Waals surface area contributed by atoms with Crippen LogP contribution < -0.4 is 0 Å². The highest BCUT2D eigenvalue weighted by molar-refractivity contribution is 4.70. The molecule has 0 bridgehead atoms. The van der Waals surface area contributed by atoms with Gasteiger partial charge in [0.25, 0.3) is 0 Å². The smallest absolute Gasteiger partial charge is 0.0589 e. The number of nitrogens with zero attached hydrogens (tertiary/aromatic N) is 1. The second-order valence-electron chi connectivity index (χ2n) is 3.83. The van der Waals surface area contributed by atoms with Gasteiger partial charge in [-0.1, -0.05) is 27.2 Å². The molecule has 74 valence electrons. The van der Waals surface area contributed by atoms with Crippen molar-refractivity contribution < 1.29 is 5.11 Å². The number of hydrogen-bond acceptors (Lipinski definition) is 2. The molecule has 0 rings (SSSR count). The summed E-state index contributed by atoms with van der Waals surface area (Å²) in [5, 5.41) is 9.12. The Kier molecular flexibility index (Phi) is 6.39. The standard InChI is InChI=1S/C10H23NO/c1-5-6-7-11(4)10(8-12)9(2)3/h9-10,12H,5-8H2,1-4H3. The van der Waals surface area contributed by atoms with Gasteiger partial charge >= 0.3 is 0 Å². The first-order valence-corrected chi connectivity index (χ1v) is 4.94. The monoisotopic (exact) mass is 173 g/mol. The lowest BCUT2D eigenvalue weighted by Crippen LogP contribution is -2.39. The maximum atomic E-state index is 9.12. The third-order valence-corrected chi connectivity index (χ3v) is 2.39. The van der Waals surface area contributed by atoms with E-state index in [1.54, 1.807) is 0 Å². The van der Waals surface area contributed by atoms with E-state index in [1.807, 2.05) is 0 Å². The predicted molar refractivity (Wildman–Crippen MR) is 53.2 cm³/mol. The minimum atomic E-state index is 0.276. The average molecular weight is 173 g/mol. The van der Waals surface area contributed by atoms with Crippen LogP contribution in [0.2, 0.25) is 0 Å². The molecule has 0 aliphatic carbocycles. The van der Waals surface area contributed by atoms with Crippen LogP contribution in [0.5, 0.6) is 0 Å². The molecule has 2 nitrogen and oxygen atoms in total. The zero-order valence-electron chi connectivity index (χ0n) is 8.88. The van der Waals surface area contributed by atoms with E-state index in [1.165, 1.54) is 12.8 Å². The van der Waals surface area contributed by atoms with Crippen molar-refractivity contribution in [3.8, 4) is 0 Å². The quantitative estimate of drug-likeness (QED) is 0.661. The summed E-state index contributed by atoms with van der Waals surface area (Å²) < 4.78 is 0. The van der Waals surface area contributed by atoms with E-state index >= 15 is 0 Å². The van der Waals surface area contributed by atoms with Crippen molar-refractivity contribution in [1.29, 1.82) is 0 Å². The van der Waals surface area contributed by atoms with Gasteiger partial charge in [0.05, 0.1) is 6.61 Å². The molecule has 12 heavy (non-hydrogen) atoms. The van der Waals surface area contributed by atoms with E-state index < -0.39 is 0 Å². The third kappa shape index (κ3) is 4.07. The molecule has 1 unspecified atom stereocenters. The molecule has 2 heteroatoms. The number of aliphatic hydroxyl groups is 1. The van der Waals surface area contributed by atoms with E-state index in [4.69, 9.17) is 5.11 Å². The minimum Gasteiger partial charge on any atom is -0.395 e. The van der Waals surface area contributed by atoms with Crippen molar-refractivity contribution in [2.75, 3.05) is 20.2 Å². The fourth-order valence-corrected chi connectivity index (χ4v) is 1.43. The van der Waals surface area contributed by atoms with Crippen molar-refractivity contribution in [2.45, 2.75) is 39.7 Å². The molecule has 0 aliphatic heterocycles. The van der Waals surface area contributed by atoms with E-state index in [9.17, 15) is 0 Å². The van der Waals surface area contributed by atoms with Crippen LogP contribution in [0.15, 0.2) is 0 Å². The molecule has 0 amide bonds. The fourth-order valence-electron chi connectivity index (χ4n) is 1.43. The lowest BCUT2D eigenvalue weighted by atomic mass is 10.0. The van der Waals surface area contributed by atoms with Gasteiger partial charge in [-0.15, -0.1) is 0 Å². The molecular weight excluding hydrogens is 150 g/mol. The van der Waals surface area contributed by atoms with Gasteiger partial charge < -0.3 is 10.0 Å². The third-order valence-electron chi connectivity index (χ3n) is 2.39. The molecule has 0 aromatic rings. The van der Waals surface area contributed by atoms with Crippen LogP contribution in [0, 0.1) is 5.92 Å². The molecular formula is C10H23NO. The van der Waals surface area contributed by atoms with Crippen LogP contribution in [0.3, 0.4) is 0 Å². The van der Waals surface area contributed by atoms with E-state index in [-0.39, 0.29) is 6.61 Å². The summed E-state index contributed by atoms with van der Waals surface area (Å²) in [5.41, 5.74) is 0. The second-order valence-corrected chi connectivity index (χ2v) is 3.83. The van der Waals surface area contributed by atoms with E-state index in [2.05, 4.69) is 32.7 Å². The lowest BCUT2D eigenvalue weighted by Gasteiger charge is -2.29. The first-order valence-electron chi connectivity index (χ1n) is 4.94. The molecule has 0 heterocycles. The Labute approximate surface area is 76.6 Å². The Morgan fingerprint density at radius 3 is 2.25 bits per heavy atom. The van der Waals surface area contributed by atoms with Crippen LogP contribution in [-0.4, -0.2) is 36.2 Å². The molecule has 1 N–H and O–H groups in total. The van der Waals surface area contributed by atoms with Crippen LogP contribution >= 0.6 is 0 Å². The zero-order valence-corrected chi connectivity index (χ0v) is 8.88. The summed E-state index contributed by atoms with van der Waals surface area (Å²) in [6.07, 6.45) is 2.44. The highest BCUT2D eigenvalue weighted by Crippen LogP contribution is 2.08. The summed E-state index contributed by atoms with van der Waals surface area (Å²) in [4.78, 5) is 2.26. The largest absolute Gasteiger partial charge is 0.395 e. The Bertz CT molecular complexity index is 104. The van der Waals surface area contributed by atoms with Gasteiger partial charge in [-0.05, 0) is 25.9 Å². The Morgan fingerprint density at radius 2 is 1.92 bits per heavy atom. The SMILES string of the molecule is CCCCN(C)C(CO)C(C)C. The van der Waals surface area contributed by atoms with Crippen LogP contribution in [0.25, 0.3) is 0 Å². The van der Waals surface area contributed by atoms with Crippen LogP contribution in [-0.2, 0) is 0 Å². The van der Waals surface area contributed by atoms with Crippen molar-refractivity contribution >= 4 is 0 Å². The highest BCUT2D eigenvalue weighted by atomic mass is 16.3. The van der Waals surface area contributed by atoms with Gasteiger partial charge in [-0.3, -0.25) is 0 Å². The fraction of sp³-hybridized carbons (Fsp3) is 1.00. The van der Waals surface area contributed by atoms with Gasteiger partial charge in [0, 0.05) is 6.04 Å².